The van der Waals surface area contributed by atoms with E-state index in [0.717, 1.165) is 11.6 Å². The lowest BCUT2D eigenvalue weighted by molar-refractivity contribution is -0.195. The first-order valence-electron chi connectivity index (χ1n) is 7.22. The molecule has 1 aliphatic rings. The van der Waals surface area contributed by atoms with Crippen LogP contribution in [0.4, 0.5) is 4.39 Å². The van der Waals surface area contributed by atoms with Crippen molar-refractivity contribution in [3.63, 3.8) is 0 Å². The van der Waals surface area contributed by atoms with Crippen LogP contribution in [0.5, 0.6) is 5.75 Å². The van der Waals surface area contributed by atoms with E-state index in [4.69, 9.17) is 14.8 Å². The molecule has 6 heteroatoms. The predicted molar refractivity (Wildman–Crippen MR) is 81.8 cm³/mol. The molecule has 122 valence electrons. The third-order valence-electron chi connectivity index (χ3n) is 3.37. The molecule has 1 saturated heterocycles. The molecular formula is C17H19FN2O3. The van der Waals surface area contributed by atoms with Gasteiger partial charge in [-0.15, -0.1) is 5.06 Å². The van der Waals surface area contributed by atoms with E-state index in [1.54, 1.807) is 26.8 Å². The smallest absolute Gasteiger partial charge is 0.330 e. The molecule has 5 nitrogen and oxygen atoms in total. The molecule has 1 aromatic rings. The van der Waals surface area contributed by atoms with Gasteiger partial charge in [-0.1, -0.05) is 6.58 Å². The minimum absolute atomic E-state index is 0.0386. The Morgan fingerprint density at radius 1 is 1.48 bits per heavy atom. The Balaban J connectivity index is 2.00. The molecule has 1 aromatic carbocycles. The van der Waals surface area contributed by atoms with E-state index in [9.17, 15) is 9.18 Å². The van der Waals surface area contributed by atoms with Gasteiger partial charge < -0.3 is 9.57 Å². The van der Waals surface area contributed by atoms with Gasteiger partial charge in [0.1, 0.15) is 23.7 Å². The molecule has 0 N–H and O–H groups in total. The molecule has 0 aliphatic carbocycles. The molecule has 0 unspecified atom stereocenters. The number of hydroxylamine groups is 2. The van der Waals surface area contributed by atoms with E-state index in [1.165, 1.54) is 17.2 Å². The van der Waals surface area contributed by atoms with E-state index in [1.807, 2.05) is 0 Å². The number of rotatable bonds is 3. The van der Waals surface area contributed by atoms with Gasteiger partial charge in [0, 0.05) is 6.07 Å². The second-order valence-electron chi connectivity index (χ2n) is 6.47. The summed E-state index contributed by atoms with van der Waals surface area (Å²) in [5.74, 6) is -0.670. The Hall–Kier alpha value is -2.39. The minimum atomic E-state index is -0.635. The number of carbonyl (C=O) groups excluding carboxylic acids is 1. The molecule has 0 bridgehead atoms. The van der Waals surface area contributed by atoms with Crippen molar-refractivity contribution in [1.29, 1.82) is 5.26 Å². The second kappa shape index (κ2) is 6.39. The average molecular weight is 318 g/mol. The zero-order chi connectivity index (χ0) is 17.2. The number of hydrogen-bond donors (Lipinski definition) is 0. The molecule has 1 atom stereocenters. The van der Waals surface area contributed by atoms with Crippen molar-refractivity contribution in [3.8, 4) is 11.8 Å². The maximum Gasteiger partial charge on any atom is 0.330 e. The van der Waals surface area contributed by atoms with Gasteiger partial charge in [0.15, 0.2) is 0 Å². The van der Waals surface area contributed by atoms with Crippen LogP contribution in [-0.2, 0) is 9.63 Å². The van der Waals surface area contributed by atoms with Crippen LogP contribution in [0.3, 0.4) is 0 Å². The molecule has 2 rings (SSSR count). The van der Waals surface area contributed by atoms with Crippen molar-refractivity contribution in [3.05, 3.63) is 41.7 Å². The molecule has 0 radical (unpaired) electrons. The van der Waals surface area contributed by atoms with Crippen LogP contribution in [0.25, 0.3) is 0 Å². The molecule has 0 amide bonds. The summed E-state index contributed by atoms with van der Waals surface area (Å²) in [5.41, 5.74) is 0.0936. The average Bonchev–Trinajstić information content (AvgIpc) is 2.78. The summed E-state index contributed by atoms with van der Waals surface area (Å²) in [6.45, 7) is 9.91. The highest BCUT2D eigenvalue weighted by atomic mass is 19.1. The monoisotopic (exact) mass is 318 g/mol. The topological polar surface area (TPSA) is 62.6 Å². The van der Waals surface area contributed by atoms with E-state index < -0.39 is 17.3 Å². The first kappa shape index (κ1) is 17.0. The van der Waals surface area contributed by atoms with Gasteiger partial charge >= 0.3 is 5.97 Å². The quantitative estimate of drug-likeness (QED) is 0.802. The summed E-state index contributed by atoms with van der Waals surface area (Å²) < 4.78 is 19.3. The molecule has 1 aliphatic heterocycles. The second-order valence-corrected chi connectivity index (χ2v) is 6.47. The number of hydrogen-bond acceptors (Lipinski definition) is 5. The SMILES string of the molecule is C=C1CN(OC(=O)C(C)(C)C)C[C@@H]1Oc1ccc(C#N)c(F)c1. The highest BCUT2D eigenvalue weighted by Crippen LogP contribution is 2.25. The summed E-state index contributed by atoms with van der Waals surface area (Å²) in [6, 6.07) is 5.80. The Bertz CT molecular complexity index is 673. The summed E-state index contributed by atoms with van der Waals surface area (Å²) in [7, 11) is 0. The molecule has 0 aromatic heterocycles. The fourth-order valence-electron chi connectivity index (χ4n) is 1.98. The van der Waals surface area contributed by atoms with E-state index in [2.05, 4.69) is 6.58 Å². The number of halogens is 1. The highest BCUT2D eigenvalue weighted by molar-refractivity contribution is 5.75. The van der Waals surface area contributed by atoms with Crippen LogP contribution < -0.4 is 4.74 Å². The molecule has 0 spiro atoms. The van der Waals surface area contributed by atoms with Gasteiger partial charge in [-0.05, 0) is 38.5 Å². The first-order valence-corrected chi connectivity index (χ1v) is 7.22. The van der Waals surface area contributed by atoms with Gasteiger partial charge in [0.25, 0.3) is 0 Å². The number of nitriles is 1. The third kappa shape index (κ3) is 4.08. The zero-order valence-corrected chi connectivity index (χ0v) is 13.4. The van der Waals surface area contributed by atoms with Gasteiger partial charge in [-0.2, -0.15) is 5.26 Å². The van der Waals surface area contributed by atoms with Gasteiger partial charge in [0.05, 0.1) is 24.1 Å². The van der Waals surface area contributed by atoms with Crippen LogP contribution in [0.1, 0.15) is 26.3 Å². The number of carbonyl (C=O) groups is 1. The maximum atomic E-state index is 13.6. The van der Waals surface area contributed by atoms with Crippen molar-refractivity contribution in [2.24, 2.45) is 5.41 Å². The van der Waals surface area contributed by atoms with Crippen molar-refractivity contribution in [2.75, 3.05) is 13.1 Å². The summed E-state index contributed by atoms with van der Waals surface area (Å²) in [4.78, 5) is 17.2. The molecule has 0 saturated carbocycles. The van der Waals surface area contributed by atoms with Gasteiger partial charge in [0.2, 0.25) is 0 Å². The van der Waals surface area contributed by atoms with Crippen molar-refractivity contribution >= 4 is 5.97 Å². The fourth-order valence-corrected chi connectivity index (χ4v) is 1.98. The van der Waals surface area contributed by atoms with Crippen molar-refractivity contribution in [2.45, 2.75) is 26.9 Å². The Labute approximate surface area is 134 Å². The zero-order valence-electron chi connectivity index (χ0n) is 13.4. The largest absolute Gasteiger partial charge is 0.484 e. The van der Waals surface area contributed by atoms with Crippen LogP contribution in [-0.4, -0.2) is 30.2 Å². The van der Waals surface area contributed by atoms with Crippen LogP contribution >= 0.6 is 0 Å². The van der Waals surface area contributed by atoms with E-state index in [0.29, 0.717) is 18.8 Å². The predicted octanol–water partition coefficient (Wildman–Crippen LogP) is 2.82. The molecular weight excluding hydrogens is 299 g/mol. The Morgan fingerprint density at radius 2 is 2.17 bits per heavy atom. The molecule has 1 heterocycles. The third-order valence-corrected chi connectivity index (χ3v) is 3.37. The van der Waals surface area contributed by atoms with E-state index >= 15 is 0 Å². The number of nitrogens with zero attached hydrogens (tertiary/aromatic N) is 2. The van der Waals surface area contributed by atoms with E-state index in [-0.39, 0.29) is 11.5 Å². The van der Waals surface area contributed by atoms with Gasteiger partial charge in [-0.3, -0.25) is 0 Å². The fraction of sp³-hybridized carbons (Fsp3) is 0.412. The van der Waals surface area contributed by atoms with Crippen LogP contribution in [0.2, 0.25) is 0 Å². The Kier molecular flexibility index (Phi) is 4.71. The number of benzene rings is 1. The normalized spacial score (nSPS) is 18.6. The lowest BCUT2D eigenvalue weighted by Crippen LogP contribution is -2.33. The lowest BCUT2D eigenvalue weighted by atomic mass is 9.98. The van der Waals surface area contributed by atoms with Crippen LogP contribution in [0.15, 0.2) is 30.4 Å². The summed E-state index contributed by atoms with van der Waals surface area (Å²) in [6.07, 6.45) is -0.407. The summed E-state index contributed by atoms with van der Waals surface area (Å²) >= 11 is 0. The lowest BCUT2D eigenvalue weighted by Gasteiger charge is -2.21. The standard InChI is InChI=1S/C17H19FN2O3/c1-11-9-20(23-16(21)17(2,3)4)10-15(11)22-13-6-5-12(8-19)14(18)7-13/h5-7,15H,1,9-10H2,2-4H3/t15-/m0/s1. The highest BCUT2D eigenvalue weighted by Gasteiger charge is 2.33. The van der Waals surface area contributed by atoms with Gasteiger partial charge in [-0.25, -0.2) is 9.18 Å². The minimum Gasteiger partial charge on any atom is -0.484 e. The maximum absolute atomic E-state index is 13.6. The first-order chi connectivity index (χ1) is 10.7. The molecule has 1 fully saturated rings. The van der Waals surface area contributed by atoms with Crippen molar-refractivity contribution in [1.82, 2.24) is 5.06 Å². The number of ether oxygens (including phenoxy) is 1. The van der Waals surface area contributed by atoms with Crippen molar-refractivity contribution < 1.29 is 18.8 Å². The summed E-state index contributed by atoms with van der Waals surface area (Å²) in [5, 5.41) is 10.2. The Morgan fingerprint density at radius 3 is 2.74 bits per heavy atom. The van der Waals surface area contributed by atoms with Crippen LogP contribution in [0, 0.1) is 22.6 Å². The molecule has 23 heavy (non-hydrogen) atoms.